The predicted octanol–water partition coefficient (Wildman–Crippen LogP) is 3.81. The molecule has 0 saturated heterocycles. The van der Waals surface area contributed by atoms with Crippen molar-refractivity contribution >= 4 is 17.7 Å². The monoisotopic (exact) mass is 332 g/mol. The normalized spacial score (nSPS) is 11.6. The Morgan fingerprint density at radius 2 is 1.91 bits per heavy atom. The average molecular weight is 332 g/mol. The summed E-state index contributed by atoms with van der Waals surface area (Å²) in [6, 6.07) is 12.3. The zero-order valence-electron chi connectivity index (χ0n) is 12.3. The number of rotatable bonds is 5. The van der Waals surface area contributed by atoms with E-state index in [9.17, 15) is 13.6 Å². The molecule has 1 N–H and O–H groups in total. The standard InChI is InChI=1S/C17H14F2N2OS/c1-11(13-4-2-12(9-20)3-5-13)21-17(22)10-23-14-6-7-15(18)16(19)8-14/h2-8,11H,10H2,1H3,(H,21,22). The summed E-state index contributed by atoms with van der Waals surface area (Å²) in [4.78, 5) is 12.4. The Morgan fingerprint density at radius 3 is 2.52 bits per heavy atom. The second-order valence-electron chi connectivity index (χ2n) is 4.89. The summed E-state index contributed by atoms with van der Waals surface area (Å²) >= 11 is 1.13. The Bertz CT molecular complexity index is 741. The summed E-state index contributed by atoms with van der Waals surface area (Å²) in [5.41, 5.74) is 1.44. The second-order valence-corrected chi connectivity index (χ2v) is 5.94. The van der Waals surface area contributed by atoms with Crippen LogP contribution in [0.2, 0.25) is 0 Å². The molecule has 0 aliphatic heterocycles. The lowest BCUT2D eigenvalue weighted by atomic mass is 10.1. The summed E-state index contributed by atoms with van der Waals surface area (Å²) in [6.45, 7) is 1.83. The molecule has 1 amide bonds. The van der Waals surface area contributed by atoms with Gasteiger partial charge in [0.2, 0.25) is 5.91 Å². The first-order chi connectivity index (χ1) is 11.0. The molecule has 0 bridgehead atoms. The van der Waals surface area contributed by atoms with Gasteiger partial charge in [0.15, 0.2) is 11.6 Å². The molecule has 0 aliphatic carbocycles. The first-order valence-corrected chi connectivity index (χ1v) is 7.85. The molecule has 0 aromatic heterocycles. The number of hydrogen-bond acceptors (Lipinski definition) is 3. The van der Waals surface area contributed by atoms with Crippen molar-refractivity contribution in [2.75, 3.05) is 5.75 Å². The fourth-order valence-corrected chi connectivity index (χ4v) is 2.66. The van der Waals surface area contributed by atoms with E-state index in [0.29, 0.717) is 10.5 Å². The molecule has 0 saturated carbocycles. The van der Waals surface area contributed by atoms with Crippen LogP contribution in [-0.4, -0.2) is 11.7 Å². The lowest BCUT2D eigenvalue weighted by Gasteiger charge is -2.14. The maximum Gasteiger partial charge on any atom is 0.230 e. The van der Waals surface area contributed by atoms with Gasteiger partial charge in [-0.25, -0.2) is 8.78 Å². The minimum atomic E-state index is -0.929. The molecule has 0 spiro atoms. The Labute approximate surface area is 137 Å². The third-order valence-corrected chi connectivity index (χ3v) is 4.17. The number of nitrogens with zero attached hydrogens (tertiary/aromatic N) is 1. The van der Waals surface area contributed by atoms with Gasteiger partial charge in [-0.1, -0.05) is 12.1 Å². The van der Waals surface area contributed by atoms with Gasteiger partial charge in [-0.3, -0.25) is 4.79 Å². The molecular formula is C17H14F2N2OS. The predicted molar refractivity (Wildman–Crippen MR) is 84.8 cm³/mol. The van der Waals surface area contributed by atoms with E-state index in [1.807, 2.05) is 13.0 Å². The van der Waals surface area contributed by atoms with Crippen LogP contribution in [0.5, 0.6) is 0 Å². The van der Waals surface area contributed by atoms with Gasteiger partial charge in [0, 0.05) is 4.90 Å². The van der Waals surface area contributed by atoms with E-state index < -0.39 is 11.6 Å². The number of nitriles is 1. The van der Waals surface area contributed by atoms with Crippen LogP contribution in [0.15, 0.2) is 47.4 Å². The Balaban J connectivity index is 1.88. The Morgan fingerprint density at radius 1 is 1.22 bits per heavy atom. The van der Waals surface area contributed by atoms with E-state index in [-0.39, 0.29) is 17.7 Å². The zero-order valence-corrected chi connectivity index (χ0v) is 13.2. The first-order valence-electron chi connectivity index (χ1n) is 6.87. The van der Waals surface area contributed by atoms with Crippen molar-refractivity contribution in [3.05, 3.63) is 65.2 Å². The van der Waals surface area contributed by atoms with E-state index in [0.717, 1.165) is 29.5 Å². The van der Waals surface area contributed by atoms with Gasteiger partial charge in [0.1, 0.15) is 0 Å². The lowest BCUT2D eigenvalue weighted by molar-refractivity contribution is -0.119. The maximum atomic E-state index is 13.1. The molecule has 2 rings (SSSR count). The third-order valence-electron chi connectivity index (χ3n) is 3.18. The van der Waals surface area contributed by atoms with Gasteiger partial charge in [0.05, 0.1) is 23.4 Å². The van der Waals surface area contributed by atoms with Crippen molar-refractivity contribution in [3.63, 3.8) is 0 Å². The summed E-state index contributed by atoms with van der Waals surface area (Å²) in [5, 5.41) is 11.6. The molecule has 23 heavy (non-hydrogen) atoms. The molecule has 0 heterocycles. The number of amides is 1. The molecule has 2 aromatic rings. The van der Waals surface area contributed by atoms with Crippen LogP contribution in [0.4, 0.5) is 8.78 Å². The largest absolute Gasteiger partial charge is 0.349 e. The molecule has 3 nitrogen and oxygen atoms in total. The number of carbonyl (C=O) groups excluding carboxylic acids is 1. The number of nitrogens with one attached hydrogen (secondary N) is 1. The van der Waals surface area contributed by atoms with Crippen molar-refractivity contribution in [2.24, 2.45) is 0 Å². The van der Waals surface area contributed by atoms with Crippen LogP contribution in [0.1, 0.15) is 24.1 Å². The molecule has 6 heteroatoms. The van der Waals surface area contributed by atoms with E-state index >= 15 is 0 Å². The molecular weight excluding hydrogens is 318 g/mol. The van der Waals surface area contributed by atoms with Gasteiger partial charge in [-0.05, 0) is 42.8 Å². The summed E-state index contributed by atoms with van der Waals surface area (Å²) in [5.74, 6) is -1.95. The second kappa shape index (κ2) is 7.75. The zero-order chi connectivity index (χ0) is 16.8. The fourth-order valence-electron chi connectivity index (χ4n) is 1.93. The molecule has 0 radical (unpaired) electrons. The number of carbonyl (C=O) groups is 1. The van der Waals surface area contributed by atoms with Gasteiger partial charge >= 0.3 is 0 Å². The van der Waals surface area contributed by atoms with Crippen LogP contribution in [0, 0.1) is 23.0 Å². The fraction of sp³-hybridized carbons (Fsp3) is 0.176. The van der Waals surface area contributed by atoms with Crippen molar-refractivity contribution in [1.29, 1.82) is 5.26 Å². The van der Waals surface area contributed by atoms with Crippen molar-refractivity contribution in [1.82, 2.24) is 5.32 Å². The van der Waals surface area contributed by atoms with E-state index in [1.165, 1.54) is 6.07 Å². The lowest BCUT2D eigenvalue weighted by Crippen LogP contribution is -2.28. The minimum Gasteiger partial charge on any atom is -0.349 e. The number of benzene rings is 2. The summed E-state index contributed by atoms with van der Waals surface area (Å²) in [6.07, 6.45) is 0. The number of halogens is 2. The Kier molecular flexibility index (Phi) is 5.72. The van der Waals surface area contributed by atoms with Crippen LogP contribution in [0.25, 0.3) is 0 Å². The molecule has 2 aromatic carbocycles. The van der Waals surface area contributed by atoms with Crippen LogP contribution in [0.3, 0.4) is 0 Å². The van der Waals surface area contributed by atoms with E-state index in [1.54, 1.807) is 24.3 Å². The quantitative estimate of drug-likeness (QED) is 0.847. The third kappa shape index (κ3) is 4.80. The van der Waals surface area contributed by atoms with Gasteiger partial charge in [0.25, 0.3) is 0 Å². The minimum absolute atomic E-state index is 0.103. The molecule has 118 valence electrons. The highest BCUT2D eigenvalue weighted by molar-refractivity contribution is 8.00. The maximum absolute atomic E-state index is 13.1. The SMILES string of the molecule is CC(NC(=O)CSc1ccc(F)c(F)c1)c1ccc(C#N)cc1. The highest BCUT2D eigenvalue weighted by Crippen LogP contribution is 2.20. The highest BCUT2D eigenvalue weighted by Gasteiger charge is 2.11. The Hall–Kier alpha value is -2.39. The van der Waals surface area contributed by atoms with Crippen LogP contribution < -0.4 is 5.32 Å². The van der Waals surface area contributed by atoms with Crippen LogP contribution in [-0.2, 0) is 4.79 Å². The van der Waals surface area contributed by atoms with Gasteiger partial charge < -0.3 is 5.32 Å². The topological polar surface area (TPSA) is 52.9 Å². The average Bonchev–Trinajstić information content (AvgIpc) is 2.56. The van der Waals surface area contributed by atoms with Gasteiger partial charge in [-0.2, -0.15) is 5.26 Å². The van der Waals surface area contributed by atoms with Crippen LogP contribution >= 0.6 is 11.8 Å². The first kappa shape index (κ1) is 17.0. The molecule has 1 unspecified atom stereocenters. The smallest absolute Gasteiger partial charge is 0.230 e. The summed E-state index contributed by atoms with van der Waals surface area (Å²) in [7, 11) is 0. The van der Waals surface area contributed by atoms with Crippen molar-refractivity contribution in [2.45, 2.75) is 17.9 Å². The van der Waals surface area contributed by atoms with Crippen molar-refractivity contribution < 1.29 is 13.6 Å². The van der Waals surface area contributed by atoms with E-state index in [4.69, 9.17) is 5.26 Å². The molecule has 0 aliphatic rings. The van der Waals surface area contributed by atoms with Crippen molar-refractivity contribution in [3.8, 4) is 6.07 Å². The number of thioether (sulfide) groups is 1. The van der Waals surface area contributed by atoms with E-state index in [2.05, 4.69) is 5.32 Å². The summed E-state index contributed by atoms with van der Waals surface area (Å²) < 4.78 is 25.9. The van der Waals surface area contributed by atoms with Gasteiger partial charge in [-0.15, -0.1) is 11.8 Å². The molecule has 0 fully saturated rings. The highest BCUT2D eigenvalue weighted by atomic mass is 32.2. The molecule has 1 atom stereocenters. The number of hydrogen-bond donors (Lipinski definition) is 1.